The molecule has 0 saturated heterocycles. The fraction of sp³-hybridized carbons (Fsp3) is 0.571. The van der Waals surface area contributed by atoms with Crippen molar-refractivity contribution < 1.29 is 4.42 Å². The molecule has 0 bridgehead atoms. The highest BCUT2D eigenvalue weighted by Crippen LogP contribution is 2.30. The third kappa shape index (κ3) is 3.71. The van der Waals surface area contributed by atoms with Crippen LogP contribution in [-0.4, -0.2) is 34.2 Å². The summed E-state index contributed by atoms with van der Waals surface area (Å²) in [7, 11) is 2.12. The van der Waals surface area contributed by atoms with Crippen molar-refractivity contribution in [2.75, 3.05) is 7.05 Å². The van der Waals surface area contributed by atoms with Gasteiger partial charge in [-0.05, 0) is 60.8 Å². The van der Waals surface area contributed by atoms with Crippen molar-refractivity contribution in [3.05, 3.63) is 21.8 Å². The van der Waals surface area contributed by atoms with Crippen LogP contribution in [0.5, 0.6) is 0 Å². The molecule has 2 N–H and O–H groups in total. The van der Waals surface area contributed by atoms with Gasteiger partial charge < -0.3 is 10.2 Å². The summed E-state index contributed by atoms with van der Waals surface area (Å²) in [5.41, 5.74) is 5.96. The number of rotatable bonds is 4. The number of hydrogen-bond donors (Lipinski definition) is 1. The zero-order valence-electron chi connectivity index (χ0n) is 12.0. The molecule has 0 aliphatic heterocycles. The first kappa shape index (κ1) is 15.1. The summed E-state index contributed by atoms with van der Waals surface area (Å²) in [5.74, 6) is 1.27. The molecular weight excluding hydrogens is 352 g/mol. The molecule has 21 heavy (non-hydrogen) atoms. The van der Waals surface area contributed by atoms with Crippen molar-refractivity contribution in [1.29, 1.82) is 0 Å². The van der Waals surface area contributed by atoms with Gasteiger partial charge in [-0.2, -0.15) is 0 Å². The van der Waals surface area contributed by atoms with E-state index in [0.717, 1.165) is 34.3 Å². The van der Waals surface area contributed by atoms with Crippen LogP contribution in [0.25, 0.3) is 10.8 Å². The lowest BCUT2D eigenvalue weighted by molar-refractivity contribution is 0.163. The first-order valence-electron chi connectivity index (χ1n) is 7.15. The van der Waals surface area contributed by atoms with Gasteiger partial charge in [0, 0.05) is 12.1 Å². The number of thiophene rings is 1. The number of halogens is 1. The summed E-state index contributed by atoms with van der Waals surface area (Å²) in [5, 5.41) is 8.30. The van der Waals surface area contributed by atoms with Crippen LogP contribution in [0.2, 0.25) is 0 Å². The maximum Gasteiger partial charge on any atom is 0.257 e. The first-order valence-corrected chi connectivity index (χ1v) is 8.76. The van der Waals surface area contributed by atoms with Crippen LogP contribution in [0.3, 0.4) is 0 Å². The van der Waals surface area contributed by atoms with Crippen molar-refractivity contribution >= 4 is 27.3 Å². The molecule has 2 aromatic rings. The number of nitrogens with zero attached hydrogens (tertiary/aromatic N) is 3. The molecule has 1 aliphatic carbocycles. The Hall–Kier alpha value is -0.760. The Labute approximate surface area is 136 Å². The molecule has 2 aromatic heterocycles. The van der Waals surface area contributed by atoms with Gasteiger partial charge in [0.05, 0.1) is 15.2 Å². The van der Waals surface area contributed by atoms with Gasteiger partial charge in [0.1, 0.15) is 0 Å². The first-order chi connectivity index (χ1) is 10.1. The highest BCUT2D eigenvalue weighted by atomic mass is 79.9. The molecular formula is C14H19BrN4OS. The van der Waals surface area contributed by atoms with E-state index in [1.165, 1.54) is 0 Å². The molecule has 0 aromatic carbocycles. The van der Waals surface area contributed by atoms with Crippen molar-refractivity contribution in [1.82, 2.24) is 15.1 Å². The van der Waals surface area contributed by atoms with Crippen LogP contribution in [0, 0.1) is 0 Å². The maximum absolute atomic E-state index is 5.96. The van der Waals surface area contributed by atoms with Crippen molar-refractivity contribution in [3.8, 4) is 10.8 Å². The standard InChI is InChI=1S/C14H19BrN4OS/c1-19(10-4-2-9(16)3-5-10)8-13-17-18-14(20-13)11-6-7-12(15)21-11/h6-7,9-10H,2-5,8,16H2,1H3. The minimum Gasteiger partial charge on any atom is -0.419 e. The van der Waals surface area contributed by atoms with Gasteiger partial charge in [0.15, 0.2) is 0 Å². The Morgan fingerprint density at radius 3 is 2.76 bits per heavy atom. The van der Waals surface area contributed by atoms with Crippen LogP contribution >= 0.6 is 27.3 Å². The third-order valence-electron chi connectivity index (χ3n) is 4.00. The molecule has 0 atom stereocenters. The molecule has 0 spiro atoms. The van der Waals surface area contributed by atoms with E-state index in [1.54, 1.807) is 11.3 Å². The molecule has 1 fully saturated rings. The second kappa shape index (κ2) is 6.56. The monoisotopic (exact) mass is 370 g/mol. The fourth-order valence-corrected chi connectivity index (χ4v) is 4.04. The predicted molar refractivity (Wildman–Crippen MR) is 87.0 cm³/mol. The van der Waals surface area contributed by atoms with Gasteiger partial charge in [-0.3, -0.25) is 4.90 Å². The second-order valence-electron chi connectivity index (χ2n) is 5.59. The van der Waals surface area contributed by atoms with Gasteiger partial charge >= 0.3 is 0 Å². The van der Waals surface area contributed by atoms with E-state index in [-0.39, 0.29) is 0 Å². The Morgan fingerprint density at radius 1 is 1.33 bits per heavy atom. The largest absolute Gasteiger partial charge is 0.419 e. The molecule has 0 unspecified atom stereocenters. The predicted octanol–water partition coefficient (Wildman–Crippen LogP) is 3.26. The number of hydrogen-bond acceptors (Lipinski definition) is 6. The van der Waals surface area contributed by atoms with E-state index in [4.69, 9.17) is 10.2 Å². The summed E-state index contributed by atoms with van der Waals surface area (Å²) in [4.78, 5) is 3.29. The quantitative estimate of drug-likeness (QED) is 0.894. The van der Waals surface area contributed by atoms with Crippen molar-refractivity contribution in [2.24, 2.45) is 5.73 Å². The summed E-state index contributed by atoms with van der Waals surface area (Å²) in [6.07, 6.45) is 4.51. The third-order valence-corrected chi connectivity index (χ3v) is 5.61. The van der Waals surface area contributed by atoms with Gasteiger partial charge in [-0.1, -0.05) is 0 Å². The van der Waals surface area contributed by atoms with Crippen LogP contribution < -0.4 is 5.73 Å². The molecule has 2 heterocycles. The molecule has 3 rings (SSSR count). The molecule has 114 valence electrons. The normalized spacial score (nSPS) is 22.9. The fourth-order valence-electron chi connectivity index (χ4n) is 2.73. The van der Waals surface area contributed by atoms with Crippen LogP contribution in [0.1, 0.15) is 31.6 Å². The molecule has 5 nitrogen and oxygen atoms in total. The molecule has 1 aliphatic rings. The van der Waals surface area contributed by atoms with Crippen LogP contribution in [-0.2, 0) is 6.54 Å². The highest BCUT2D eigenvalue weighted by Gasteiger charge is 2.23. The van der Waals surface area contributed by atoms with E-state index in [9.17, 15) is 0 Å². The smallest absolute Gasteiger partial charge is 0.257 e. The van der Waals surface area contributed by atoms with Crippen molar-refractivity contribution in [3.63, 3.8) is 0 Å². The van der Waals surface area contributed by atoms with Gasteiger partial charge in [-0.25, -0.2) is 0 Å². The van der Waals surface area contributed by atoms with Crippen molar-refractivity contribution in [2.45, 2.75) is 44.3 Å². The lowest BCUT2D eigenvalue weighted by atomic mass is 9.91. The Bertz CT molecular complexity index is 591. The molecule has 0 amide bonds. The zero-order valence-corrected chi connectivity index (χ0v) is 14.4. The summed E-state index contributed by atoms with van der Waals surface area (Å²) < 4.78 is 6.83. The molecule has 7 heteroatoms. The summed E-state index contributed by atoms with van der Waals surface area (Å²) in [6, 6.07) is 4.91. The summed E-state index contributed by atoms with van der Waals surface area (Å²) in [6.45, 7) is 0.694. The SMILES string of the molecule is CN(Cc1nnc(-c2ccc(Br)s2)o1)C1CCC(N)CC1. The van der Waals surface area contributed by atoms with Gasteiger partial charge in [0.2, 0.25) is 5.89 Å². The van der Waals surface area contributed by atoms with Crippen LogP contribution in [0.15, 0.2) is 20.3 Å². The maximum atomic E-state index is 5.96. The van der Waals surface area contributed by atoms with E-state index in [2.05, 4.69) is 38.1 Å². The second-order valence-corrected chi connectivity index (χ2v) is 8.05. The highest BCUT2D eigenvalue weighted by molar-refractivity contribution is 9.11. The van der Waals surface area contributed by atoms with E-state index in [1.807, 2.05) is 12.1 Å². The topological polar surface area (TPSA) is 68.2 Å². The molecule has 0 radical (unpaired) electrons. The lowest BCUT2D eigenvalue weighted by Crippen LogP contribution is -2.38. The number of aromatic nitrogens is 2. The molecule has 1 saturated carbocycles. The zero-order chi connectivity index (χ0) is 14.8. The lowest BCUT2D eigenvalue weighted by Gasteiger charge is -2.32. The minimum absolute atomic E-state index is 0.377. The Kier molecular flexibility index (Phi) is 4.73. The summed E-state index contributed by atoms with van der Waals surface area (Å²) >= 11 is 5.04. The Balaban J connectivity index is 1.61. The van der Waals surface area contributed by atoms with E-state index >= 15 is 0 Å². The van der Waals surface area contributed by atoms with E-state index in [0.29, 0.717) is 30.4 Å². The average Bonchev–Trinajstić information content (AvgIpc) is 3.08. The van der Waals surface area contributed by atoms with E-state index < -0.39 is 0 Å². The van der Waals surface area contributed by atoms with Gasteiger partial charge in [-0.15, -0.1) is 21.5 Å². The minimum atomic E-state index is 0.377. The number of nitrogens with two attached hydrogens (primary N) is 1. The average molecular weight is 371 g/mol. The van der Waals surface area contributed by atoms with Gasteiger partial charge in [0.25, 0.3) is 5.89 Å². The van der Waals surface area contributed by atoms with Crippen LogP contribution in [0.4, 0.5) is 0 Å². The Morgan fingerprint density at radius 2 is 2.10 bits per heavy atom.